The van der Waals surface area contributed by atoms with E-state index in [1.165, 1.54) is 11.3 Å². The van der Waals surface area contributed by atoms with Crippen LogP contribution >= 0.6 is 23.6 Å². The Hall–Kier alpha value is -1.92. The number of thiocarbonyl (C=S) groups is 1. The summed E-state index contributed by atoms with van der Waals surface area (Å²) in [5.74, 6) is 1.02. The van der Waals surface area contributed by atoms with Crippen LogP contribution in [-0.4, -0.2) is 17.6 Å². The molecular formula is C16H18N2O2S2. The lowest BCUT2D eigenvalue weighted by Crippen LogP contribution is -2.33. The van der Waals surface area contributed by atoms with E-state index in [0.29, 0.717) is 17.4 Å². The number of ether oxygens (including phenoxy) is 1. The van der Waals surface area contributed by atoms with E-state index in [1.807, 2.05) is 35.7 Å². The van der Waals surface area contributed by atoms with Crippen molar-refractivity contribution in [3.63, 3.8) is 0 Å². The van der Waals surface area contributed by atoms with Crippen LogP contribution in [0, 0.1) is 5.92 Å². The largest absolute Gasteiger partial charge is 0.493 e. The summed E-state index contributed by atoms with van der Waals surface area (Å²) in [6.07, 6.45) is 0. The predicted octanol–water partition coefficient (Wildman–Crippen LogP) is 3.91. The molecule has 2 rings (SSSR count). The van der Waals surface area contributed by atoms with Crippen molar-refractivity contribution < 1.29 is 9.53 Å². The van der Waals surface area contributed by atoms with E-state index in [9.17, 15) is 4.79 Å². The number of carbonyl (C=O) groups is 1. The Morgan fingerprint density at radius 2 is 2.14 bits per heavy atom. The quantitative estimate of drug-likeness (QED) is 0.814. The Kier molecular flexibility index (Phi) is 5.91. The third kappa shape index (κ3) is 5.13. The molecule has 22 heavy (non-hydrogen) atoms. The summed E-state index contributed by atoms with van der Waals surface area (Å²) in [5, 5.41) is 7.75. The molecule has 4 nitrogen and oxygen atoms in total. The van der Waals surface area contributed by atoms with E-state index in [4.69, 9.17) is 17.0 Å². The first-order chi connectivity index (χ1) is 10.5. The van der Waals surface area contributed by atoms with E-state index in [1.54, 1.807) is 6.07 Å². The van der Waals surface area contributed by atoms with Gasteiger partial charge in [0.1, 0.15) is 5.75 Å². The summed E-state index contributed by atoms with van der Waals surface area (Å²) in [7, 11) is 0. The topological polar surface area (TPSA) is 50.4 Å². The molecule has 0 radical (unpaired) electrons. The third-order valence-corrected chi connectivity index (χ3v) is 3.72. The Labute approximate surface area is 139 Å². The van der Waals surface area contributed by atoms with Gasteiger partial charge in [0.05, 0.1) is 11.5 Å². The van der Waals surface area contributed by atoms with Crippen molar-refractivity contribution in [1.82, 2.24) is 5.32 Å². The molecule has 2 aromatic rings. The van der Waals surface area contributed by atoms with Gasteiger partial charge in [-0.25, -0.2) is 0 Å². The van der Waals surface area contributed by atoms with Crippen molar-refractivity contribution in [1.29, 1.82) is 0 Å². The highest BCUT2D eigenvalue weighted by molar-refractivity contribution is 7.80. The Morgan fingerprint density at radius 1 is 1.32 bits per heavy atom. The van der Waals surface area contributed by atoms with Gasteiger partial charge in [0.2, 0.25) is 0 Å². The molecule has 0 saturated heterocycles. The highest BCUT2D eigenvalue weighted by atomic mass is 32.1. The van der Waals surface area contributed by atoms with Crippen molar-refractivity contribution in [2.45, 2.75) is 13.8 Å². The molecule has 0 saturated carbocycles. The van der Waals surface area contributed by atoms with E-state index in [-0.39, 0.29) is 11.0 Å². The van der Waals surface area contributed by atoms with Gasteiger partial charge in [-0.2, -0.15) is 0 Å². The van der Waals surface area contributed by atoms with Gasteiger partial charge in [-0.05, 0) is 41.7 Å². The van der Waals surface area contributed by atoms with Crippen LogP contribution < -0.4 is 15.4 Å². The predicted molar refractivity (Wildman–Crippen MR) is 94.8 cm³/mol. The lowest BCUT2D eigenvalue weighted by Gasteiger charge is -2.12. The van der Waals surface area contributed by atoms with Gasteiger partial charge in [-0.15, -0.1) is 11.3 Å². The fourth-order valence-electron chi connectivity index (χ4n) is 1.66. The summed E-state index contributed by atoms with van der Waals surface area (Å²) in [4.78, 5) is 12.5. The zero-order valence-electron chi connectivity index (χ0n) is 12.5. The van der Waals surface area contributed by atoms with E-state index in [0.717, 1.165) is 11.4 Å². The zero-order valence-corrected chi connectivity index (χ0v) is 14.1. The summed E-state index contributed by atoms with van der Waals surface area (Å²) in [6, 6.07) is 11.1. The smallest absolute Gasteiger partial charge is 0.267 e. The normalized spacial score (nSPS) is 10.3. The molecule has 116 valence electrons. The molecule has 1 heterocycles. The second-order valence-corrected chi connectivity index (χ2v) is 6.47. The first kappa shape index (κ1) is 16.5. The molecule has 1 amide bonds. The van der Waals surface area contributed by atoms with Crippen LogP contribution in [0.4, 0.5) is 5.69 Å². The Morgan fingerprint density at radius 3 is 2.82 bits per heavy atom. The summed E-state index contributed by atoms with van der Waals surface area (Å²) in [6.45, 7) is 4.84. The number of hydrogen-bond donors (Lipinski definition) is 2. The fraction of sp³-hybridized carbons (Fsp3) is 0.250. The van der Waals surface area contributed by atoms with Gasteiger partial charge in [0, 0.05) is 11.8 Å². The number of anilines is 1. The van der Waals surface area contributed by atoms with Crippen LogP contribution in [0.5, 0.6) is 5.75 Å². The molecular weight excluding hydrogens is 316 g/mol. The number of carbonyl (C=O) groups excluding carboxylic acids is 1. The maximum absolute atomic E-state index is 11.9. The van der Waals surface area contributed by atoms with Gasteiger partial charge in [0.25, 0.3) is 5.91 Å². The van der Waals surface area contributed by atoms with E-state index < -0.39 is 0 Å². The first-order valence-electron chi connectivity index (χ1n) is 6.93. The van der Waals surface area contributed by atoms with Crippen LogP contribution in [0.25, 0.3) is 0 Å². The Balaban J connectivity index is 1.91. The van der Waals surface area contributed by atoms with Gasteiger partial charge in [-0.1, -0.05) is 26.0 Å². The van der Waals surface area contributed by atoms with E-state index >= 15 is 0 Å². The number of hydrogen-bond acceptors (Lipinski definition) is 4. The molecule has 0 aliphatic rings. The van der Waals surface area contributed by atoms with Crippen molar-refractivity contribution in [2.75, 3.05) is 11.9 Å². The zero-order chi connectivity index (χ0) is 15.9. The van der Waals surface area contributed by atoms with Crippen LogP contribution in [0.15, 0.2) is 41.8 Å². The van der Waals surface area contributed by atoms with Gasteiger partial charge >= 0.3 is 0 Å². The van der Waals surface area contributed by atoms with Crippen molar-refractivity contribution in [3.05, 3.63) is 46.7 Å². The maximum Gasteiger partial charge on any atom is 0.267 e. The van der Waals surface area contributed by atoms with Crippen molar-refractivity contribution in [2.24, 2.45) is 5.92 Å². The molecule has 0 bridgehead atoms. The molecule has 1 aromatic heterocycles. The molecule has 0 unspecified atom stereocenters. The minimum atomic E-state index is -0.209. The van der Waals surface area contributed by atoms with Crippen molar-refractivity contribution in [3.8, 4) is 5.75 Å². The minimum Gasteiger partial charge on any atom is -0.493 e. The van der Waals surface area contributed by atoms with Crippen molar-refractivity contribution >= 4 is 40.3 Å². The van der Waals surface area contributed by atoms with Crippen LogP contribution in [0.1, 0.15) is 23.5 Å². The van der Waals surface area contributed by atoms with Gasteiger partial charge in [0.15, 0.2) is 5.11 Å². The third-order valence-electron chi connectivity index (χ3n) is 2.65. The number of thiophene rings is 1. The molecule has 1 aromatic carbocycles. The summed E-state index contributed by atoms with van der Waals surface area (Å²) in [5.41, 5.74) is 0.776. The summed E-state index contributed by atoms with van der Waals surface area (Å²) < 4.78 is 5.66. The monoisotopic (exact) mass is 334 g/mol. The number of rotatable bonds is 5. The van der Waals surface area contributed by atoms with E-state index in [2.05, 4.69) is 24.5 Å². The first-order valence-corrected chi connectivity index (χ1v) is 8.22. The highest BCUT2D eigenvalue weighted by Crippen LogP contribution is 2.18. The van der Waals surface area contributed by atoms with Crippen LogP contribution in [-0.2, 0) is 0 Å². The molecule has 0 aliphatic carbocycles. The standard InChI is InChI=1S/C16H18N2O2S2/c1-11(2)10-20-13-6-3-5-12(9-13)17-16(21)18-15(19)14-7-4-8-22-14/h3-9,11H,10H2,1-2H3,(H2,17,18,19,21). The molecule has 2 N–H and O–H groups in total. The maximum atomic E-state index is 11.9. The molecule has 0 atom stereocenters. The van der Waals surface area contributed by atoms with Crippen LogP contribution in [0.2, 0.25) is 0 Å². The molecule has 0 spiro atoms. The number of benzene rings is 1. The van der Waals surface area contributed by atoms with Crippen LogP contribution in [0.3, 0.4) is 0 Å². The number of amides is 1. The lowest BCUT2D eigenvalue weighted by atomic mass is 10.2. The summed E-state index contributed by atoms with van der Waals surface area (Å²) >= 11 is 6.53. The Bertz CT molecular complexity index is 639. The van der Waals surface area contributed by atoms with Gasteiger partial charge < -0.3 is 10.1 Å². The second kappa shape index (κ2) is 7.91. The molecule has 6 heteroatoms. The van der Waals surface area contributed by atoms with Gasteiger partial charge in [-0.3, -0.25) is 10.1 Å². The lowest BCUT2D eigenvalue weighted by molar-refractivity contribution is 0.0981. The highest BCUT2D eigenvalue weighted by Gasteiger charge is 2.08. The molecule has 0 aliphatic heterocycles. The average molecular weight is 334 g/mol. The fourth-order valence-corrected chi connectivity index (χ4v) is 2.49. The minimum absolute atomic E-state index is 0.209. The molecule has 0 fully saturated rings. The second-order valence-electron chi connectivity index (χ2n) is 5.12. The number of nitrogens with one attached hydrogen (secondary N) is 2. The average Bonchev–Trinajstić information content (AvgIpc) is 2.99. The SMILES string of the molecule is CC(C)COc1cccc(NC(=S)NC(=O)c2cccs2)c1.